The van der Waals surface area contributed by atoms with Gasteiger partial charge in [-0.3, -0.25) is 14.3 Å². The second-order valence-electron chi connectivity index (χ2n) is 11.7. The predicted molar refractivity (Wildman–Crippen MR) is 163 cm³/mol. The van der Waals surface area contributed by atoms with Crippen LogP contribution in [0.1, 0.15) is 38.5 Å². The third kappa shape index (κ3) is 5.82. The predicted octanol–water partition coefficient (Wildman–Crippen LogP) is -1.11. The highest BCUT2D eigenvalue weighted by molar-refractivity contribution is 7.99. The molecule has 44 heavy (non-hydrogen) atoms. The molecule has 2 saturated heterocycles. The fourth-order valence-corrected chi connectivity index (χ4v) is 6.82. The van der Waals surface area contributed by atoms with Crippen molar-refractivity contribution in [1.29, 1.82) is 0 Å². The summed E-state index contributed by atoms with van der Waals surface area (Å²) in [5.74, 6) is 1.90. The van der Waals surface area contributed by atoms with Gasteiger partial charge in [-0.05, 0) is 13.8 Å². The van der Waals surface area contributed by atoms with E-state index in [2.05, 4.69) is 40.5 Å². The maximum absolute atomic E-state index is 13.2. The van der Waals surface area contributed by atoms with Crippen molar-refractivity contribution in [3.8, 4) is 0 Å². The smallest absolute Gasteiger partial charge is 0.387 e. The first-order chi connectivity index (χ1) is 21.0. The number of rotatable bonds is 7. The molecule has 1 unspecified atom stereocenters. The first-order valence-corrected chi connectivity index (χ1v) is 15.5. The summed E-state index contributed by atoms with van der Waals surface area (Å²) in [6.07, 6.45) is 2.30. The summed E-state index contributed by atoms with van der Waals surface area (Å²) in [6, 6.07) is -0.297. The van der Waals surface area contributed by atoms with E-state index in [0.29, 0.717) is 22.7 Å². The van der Waals surface area contributed by atoms with Crippen LogP contribution in [0.15, 0.2) is 17.4 Å². The molecule has 18 heteroatoms. The molecule has 3 aromatic rings. The minimum absolute atomic E-state index is 0.000150. The molecule has 0 aromatic carbocycles. The van der Waals surface area contributed by atoms with Crippen LogP contribution in [-0.4, -0.2) is 123 Å². The molecule has 6 rings (SSSR count). The maximum atomic E-state index is 13.2. The molecule has 0 saturated carbocycles. The molecular formula is C26H37N12O5S+. The minimum Gasteiger partial charge on any atom is -0.387 e. The van der Waals surface area contributed by atoms with Crippen LogP contribution in [0.25, 0.3) is 11.2 Å². The number of aliphatic hydroxyl groups is 2. The summed E-state index contributed by atoms with van der Waals surface area (Å²) >= 11 is 1.64. The van der Waals surface area contributed by atoms with E-state index in [1.165, 1.54) is 23.4 Å². The molecule has 17 nitrogen and oxygen atoms in total. The van der Waals surface area contributed by atoms with Gasteiger partial charge in [0.25, 0.3) is 5.56 Å². The molecule has 6 heterocycles. The normalized spacial score (nSPS) is 25.4. The van der Waals surface area contributed by atoms with Crippen molar-refractivity contribution in [3.63, 3.8) is 0 Å². The number of aromatic amines is 1. The van der Waals surface area contributed by atoms with E-state index >= 15 is 0 Å². The zero-order chi connectivity index (χ0) is 31.2. The summed E-state index contributed by atoms with van der Waals surface area (Å²) in [5.41, 5.74) is 11.4. The Morgan fingerprint density at radius 2 is 2.00 bits per heavy atom. The zero-order valence-corrected chi connectivity index (χ0v) is 25.2. The van der Waals surface area contributed by atoms with Gasteiger partial charge >= 0.3 is 6.03 Å². The van der Waals surface area contributed by atoms with Gasteiger partial charge < -0.3 is 36.6 Å². The Morgan fingerprint density at radius 1 is 1.23 bits per heavy atom. The number of carbonyl (C=O) groups excluding carboxylic acids is 1. The number of thioether (sulfide) groups is 1. The lowest BCUT2D eigenvalue weighted by atomic mass is 10.1. The fourth-order valence-electron chi connectivity index (χ4n) is 5.76. The number of hydrogen-bond donors (Lipinski definition) is 7. The van der Waals surface area contributed by atoms with E-state index in [-0.39, 0.29) is 29.4 Å². The molecule has 2 amide bonds. The largest absolute Gasteiger partial charge is 0.493 e. The molecule has 4 atom stereocenters. The number of ether oxygens (including phenoxy) is 1. The van der Waals surface area contributed by atoms with E-state index < -0.39 is 35.8 Å². The van der Waals surface area contributed by atoms with Crippen molar-refractivity contribution in [2.24, 2.45) is 0 Å². The van der Waals surface area contributed by atoms with Gasteiger partial charge in [0, 0.05) is 44.0 Å². The van der Waals surface area contributed by atoms with Gasteiger partial charge in [0.1, 0.15) is 41.6 Å². The average molecular weight is 630 g/mol. The lowest BCUT2D eigenvalue weighted by Gasteiger charge is -2.32. The number of piperidine rings is 1. The Bertz CT molecular complexity index is 1640. The monoisotopic (exact) mass is 629 g/mol. The van der Waals surface area contributed by atoms with Gasteiger partial charge in [0.05, 0.1) is 18.5 Å². The van der Waals surface area contributed by atoms with E-state index in [9.17, 15) is 19.8 Å². The van der Waals surface area contributed by atoms with Crippen LogP contribution in [0.5, 0.6) is 0 Å². The molecule has 3 aromatic heterocycles. The van der Waals surface area contributed by atoms with E-state index in [1.54, 1.807) is 16.3 Å². The van der Waals surface area contributed by atoms with Crippen molar-refractivity contribution < 1.29 is 24.3 Å². The van der Waals surface area contributed by atoms with Crippen LogP contribution in [0.3, 0.4) is 0 Å². The van der Waals surface area contributed by atoms with Crippen molar-refractivity contribution in [2.75, 3.05) is 47.9 Å². The Hall–Kier alpha value is -3.84. The molecule has 9 N–H and O–H groups in total. The number of nitrogens with two attached hydrogens (primary N) is 2. The first-order valence-electron chi connectivity index (χ1n) is 14.4. The number of nitrogens with one attached hydrogen (secondary N) is 3. The van der Waals surface area contributed by atoms with Gasteiger partial charge in [0.2, 0.25) is 5.95 Å². The van der Waals surface area contributed by atoms with Crippen LogP contribution < -0.4 is 27.7 Å². The number of anilines is 3. The van der Waals surface area contributed by atoms with Crippen molar-refractivity contribution in [3.05, 3.63) is 28.6 Å². The number of nitrogens with zero attached hydrogens (tertiary/aromatic N) is 7. The highest BCUT2D eigenvalue weighted by Crippen LogP contribution is 2.33. The van der Waals surface area contributed by atoms with Crippen LogP contribution in [0.2, 0.25) is 0 Å². The number of aromatic nitrogens is 6. The maximum Gasteiger partial charge on any atom is 0.493 e. The number of carbonyl (C=O) groups is 1. The number of aliphatic hydroxyl groups excluding tert-OH is 2. The second kappa shape index (κ2) is 11.9. The number of likely N-dealkylation sites (tertiary alicyclic amines) is 1. The number of urea groups is 1. The number of hydrogen-bond acceptors (Lipinski definition) is 14. The first kappa shape index (κ1) is 30.2. The molecule has 0 bridgehead atoms. The molecule has 236 valence electrons. The highest BCUT2D eigenvalue weighted by atomic mass is 32.2. The lowest BCUT2D eigenvalue weighted by Crippen LogP contribution is -2.56. The van der Waals surface area contributed by atoms with E-state index in [1.807, 2.05) is 13.8 Å². The number of imidazole rings is 1. The SMILES string of the molecule is CC1(C)Nc2nc(N)[nH]c(=O)c2C=[N+]1C(=O)NC1CCN(CCSC[C@H]2O[C@@H](n3cnc4c(N)ncnc43)[C@@H](O)C2O)CC1. The fraction of sp³-hybridized carbons (Fsp3) is 0.577. The Kier molecular flexibility index (Phi) is 8.18. The Morgan fingerprint density at radius 3 is 2.77 bits per heavy atom. The van der Waals surface area contributed by atoms with Gasteiger partial charge in [-0.25, -0.2) is 20.3 Å². The van der Waals surface area contributed by atoms with Gasteiger partial charge in [0.15, 0.2) is 23.4 Å². The second-order valence-corrected chi connectivity index (χ2v) is 12.8. The van der Waals surface area contributed by atoms with Crippen LogP contribution in [-0.2, 0) is 4.74 Å². The molecule has 3 aliphatic heterocycles. The van der Waals surface area contributed by atoms with Crippen molar-refractivity contribution in [1.82, 2.24) is 39.7 Å². The molecule has 3 aliphatic rings. The number of amides is 2. The van der Waals surface area contributed by atoms with E-state index in [0.717, 1.165) is 38.2 Å². The van der Waals surface area contributed by atoms with Crippen molar-refractivity contribution >= 4 is 52.8 Å². The summed E-state index contributed by atoms with van der Waals surface area (Å²) in [7, 11) is 0. The zero-order valence-electron chi connectivity index (χ0n) is 24.4. The average Bonchev–Trinajstić information content (AvgIpc) is 3.52. The summed E-state index contributed by atoms with van der Waals surface area (Å²) in [4.78, 5) is 46.9. The van der Waals surface area contributed by atoms with Gasteiger partial charge in [-0.15, -0.1) is 0 Å². The summed E-state index contributed by atoms with van der Waals surface area (Å²) in [5, 5.41) is 27.6. The van der Waals surface area contributed by atoms with Crippen molar-refractivity contribution in [2.45, 2.75) is 62.9 Å². The van der Waals surface area contributed by atoms with Crippen LogP contribution in [0.4, 0.5) is 22.4 Å². The highest BCUT2D eigenvalue weighted by Gasteiger charge is 2.44. The summed E-state index contributed by atoms with van der Waals surface area (Å²) in [6.45, 7) is 6.14. The Balaban J connectivity index is 0.955. The third-order valence-electron chi connectivity index (χ3n) is 8.22. The van der Waals surface area contributed by atoms with Crippen LogP contribution >= 0.6 is 11.8 Å². The minimum atomic E-state index is -1.14. The van der Waals surface area contributed by atoms with Gasteiger partial charge in [-0.1, -0.05) is 0 Å². The number of fused-ring (bicyclic) bond motifs is 2. The molecule has 0 spiro atoms. The Labute approximate surface area is 256 Å². The standard InChI is InChI=1S/C26H36N12O5S/c1-26(2)35-20-14(22(41)34-24(28)33-20)9-38(26)25(42)32-13-3-5-36(6-4-13)7-8-44-10-15-17(39)18(40)23(43-15)37-12-31-16-19(27)29-11-30-21(16)37/h9,11-13,15,17-18,23,39-40H,3-8,10H2,1-2H3,(H6,27,28,29,30,32,33,34,35,41,42)/p+1/t15-,17?,18+,23-/m1/s1. The topological polar surface area (TPSA) is 238 Å². The summed E-state index contributed by atoms with van der Waals surface area (Å²) < 4.78 is 9.07. The molecule has 2 fully saturated rings. The number of H-pyrrole nitrogens is 1. The third-order valence-corrected chi connectivity index (χ3v) is 9.26. The van der Waals surface area contributed by atoms with Crippen LogP contribution in [0, 0.1) is 0 Å². The molecular weight excluding hydrogens is 592 g/mol. The molecule has 0 aliphatic carbocycles. The number of nitrogen functional groups attached to an aromatic ring is 2. The van der Waals surface area contributed by atoms with Gasteiger partial charge in [-0.2, -0.15) is 26.1 Å². The molecule has 0 radical (unpaired) electrons. The quantitative estimate of drug-likeness (QED) is 0.121. The lowest BCUT2D eigenvalue weighted by molar-refractivity contribution is -0.500. The van der Waals surface area contributed by atoms with E-state index in [4.69, 9.17) is 16.2 Å².